The largest absolute Gasteiger partial charge is 0.331 e. The van der Waals surface area contributed by atoms with Gasteiger partial charge >= 0.3 is 0 Å². The average molecular weight is 354 g/mol. The van der Waals surface area contributed by atoms with Crippen LogP contribution in [0.4, 0.5) is 0 Å². The van der Waals surface area contributed by atoms with Gasteiger partial charge in [0.1, 0.15) is 0 Å². The Bertz CT molecular complexity index is 741. The molecular weight excluding hydrogens is 332 g/mol. The highest BCUT2D eigenvalue weighted by molar-refractivity contribution is 7.91. The van der Waals surface area contributed by atoms with Crippen LogP contribution in [0.2, 0.25) is 0 Å². The summed E-state index contributed by atoms with van der Waals surface area (Å²) >= 11 is 1.55. The molecule has 1 amide bonds. The number of sulfone groups is 1. The van der Waals surface area contributed by atoms with Gasteiger partial charge in [-0.15, -0.1) is 11.3 Å². The average Bonchev–Trinajstić information content (AvgIpc) is 3.07. The first-order chi connectivity index (χ1) is 11.0. The third kappa shape index (κ3) is 2.62. The van der Waals surface area contributed by atoms with Gasteiger partial charge in [-0.05, 0) is 49.2 Å². The molecule has 0 unspecified atom stereocenters. The van der Waals surface area contributed by atoms with Gasteiger partial charge in [0.2, 0.25) is 0 Å². The minimum absolute atomic E-state index is 0.0477. The molecule has 0 radical (unpaired) electrons. The number of thiophene rings is 1. The van der Waals surface area contributed by atoms with Crippen molar-refractivity contribution in [1.29, 1.82) is 0 Å². The van der Waals surface area contributed by atoms with Crippen molar-refractivity contribution in [3.8, 4) is 0 Å². The fourth-order valence-corrected chi connectivity index (χ4v) is 7.38. The first-order valence-electron chi connectivity index (χ1n) is 8.27. The number of carbonyl (C=O) groups is 1. The van der Waals surface area contributed by atoms with Crippen LogP contribution in [-0.4, -0.2) is 67.9 Å². The summed E-state index contributed by atoms with van der Waals surface area (Å²) in [7, 11) is -1.08. The van der Waals surface area contributed by atoms with Gasteiger partial charge in [0.25, 0.3) is 5.91 Å². The lowest BCUT2D eigenvalue weighted by Gasteiger charge is -2.42. The van der Waals surface area contributed by atoms with Crippen molar-refractivity contribution in [1.82, 2.24) is 9.80 Å². The summed E-state index contributed by atoms with van der Waals surface area (Å²) in [6.07, 6.45) is 4.41. The first kappa shape index (κ1) is 15.6. The summed E-state index contributed by atoms with van der Waals surface area (Å²) < 4.78 is 24.1. The van der Waals surface area contributed by atoms with Gasteiger partial charge in [-0.1, -0.05) is 0 Å². The highest BCUT2D eigenvalue weighted by atomic mass is 32.2. The van der Waals surface area contributed by atoms with E-state index in [1.165, 1.54) is 17.5 Å². The number of fused-ring (bicyclic) bond motifs is 2. The Morgan fingerprint density at radius 1 is 1.17 bits per heavy atom. The molecule has 23 heavy (non-hydrogen) atoms. The lowest BCUT2D eigenvalue weighted by atomic mass is 9.93. The standard InChI is InChI=1S/C16H22N2O3S2/c1-17-6-7-18(14-10-23(20,21)9-13(14)17)16(19)15-12-5-3-2-4-11(12)8-22-15/h8,13-14H,2-7,9-10H2,1H3/t13-,14+/m0/s1. The summed E-state index contributed by atoms with van der Waals surface area (Å²) in [5, 5.41) is 2.13. The molecule has 2 atom stereocenters. The zero-order valence-corrected chi connectivity index (χ0v) is 15.0. The molecule has 4 rings (SSSR count). The predicted molar refractivity (Wildman–Crippen MR) is 90.9 cm³/mol. The zero-order valence-electron chi connectivity index (χ0n) is 13.3. The van der Waals surface area contributed by atoms with E-state index >= 15 is 0 Å². The number of likely N-dealkylation sites (N-methyl/N-ethyl adjacent to an activating group) is 1. The number of nitrogens with zero attached hydrogens (tertiary/aromatic N) is 2. The third-order valence-electron chi connectivity index (χ3n) is 5.51. The second-order valence-corrected chi connectivity index (χ2v) is 10.00. The van der Waals surface area contributed by atoms with Gasteiger partial charge in [-0.3, -0.25) is 9.69 Å². The molecule has 1 aliphatic carbocycles. The predicted octanol–water partition coefficient (Wildman–Crippen LogP) is 1.18. The molecule has 0 spiro atoms. The van der Waals surface area contributed by atoms with E-state index < -0.39 is 9.84 Å². The second kappa shape index (κ2) is 5.57. The van der Waals surface area contributed by atoms with E-state index in [1.54, 1.807) is 11.3 Å². The van der Waals surface area contributed by atoms with Crippen LogP contribution in [0.1, 0.15) is 33.6 Å². The molecule has 5 nitrogen and oxygen atoms in total. The molecule has 0 bridgehead atoms. The summed E-state index contributed by atoms with van der Waals surface area (Å²) in [4.78, 5) is 17.9. The Kier molecular flexibility index (Phi) is 3.77. The van der Waals surface area contributed by atoms with Crippen LogP contribution in [-0.2, 0) is 22.7 Å². The quantitative estimate of drug-likeness (QED) is 0.760. The minimum Gasteiger partial charge on any atom is -0.331 e. The molecular formula is C16H22N2O3S2. The van der Waals surface area contributed by atoms with E-state index in [0.29, 0.717) is 6.54 Å². The molecule has 0 aromatic carbocycles. The van der Waals surface area contributed by atoms with Crippen molar-refractivity contribution < 1.29 is 13.2 Å². The van der Waals surface area contributed by atoms with Crippen LogP contribution in [0.25, 0.3) is 0 Å². The molecule has 3 aliphatic rings. The van der Waals surface area contributed by atoms with Crippen LogP contribution < -0.4 is 0 Å². The highest BCUT2D eigenvalue weighted by Gasteiger charge is 2.47. The van der Waals surface area contributed by atoms with Crippen molar-refractivity contribution in [2.24, 2.45) is 0 Å². The van der Waals surface area contributed by atoms with Crippen molar-refractivity contribution in [3.63, 3.8) is 0 Å². The Balaban J connectivity index is 1.65. The van der Waals surface area contributed by atoms with Gasteiger partial charge in [0.05, 0.1) is 22.4 Å². The van der Waals surface area contributed by atoms with E-state index in [2.05, 4.69) is 10.3 Å². The second-order valence-electron chi connectivity index (χ2n) is 6.97. The van der Waals surface area contributed by atoms with Crippen molar-refractivity contribution in [2.45, 2.75) is 37.8 Å². The maximum Gasteiger partial charge on any atom is 0.264 e. The molecule has 2 saturated heterocycles. The number of piperazine rings is 1. The Morgan fingerprint density at radius 3 is 2.74 bits per heavy atom. The van der Waals surface area contributed by atoms with Gasteiger partial charge in [0.15, 0.2) is 9.84 Å². The fraction of sp³-hybridized carbons (Fsp3) is 0.688. The zero-order chi connectivity index (χ0) is 16.2. The lowest BCUT2D eigenvalue weighted by molar-refractivity contribution is 0.0413. The van der Waals surface area contributed by atoms with E-state index in [-0.39, 0.29) is 29.5 Å². The maximum absolute atomic E-state index is 13.1. The Labute approximate surface area is 141 Å². The smallest absolute Gasteiger partial charge is 0.264 e. The number of carbonyl (C=O) groups excluding carboxylic acids is 1. The Hall–Kier alpha value is -0.920. The van der Waals surface area contributed by atoms with Gasteiger partial charge in [-0.2, -0.15) is 0 Å². The van der Waals surface area contributed by atoms with Crippen LogP contribution in [0.15, 0.2) is 5.38 Å². The summed E-state index contributed by atoms with van der Waals surface area (Å²) in [6.45, 7) is 1.37. The Morgan fingerprint density at radius 2 is 1.91 bits per heavy atom. The third-order valence-corrected chi connectivity index (χ3v) is 8.27. The molecule has 7 heteroatoms. The molecule has 126 valence electrons. The number of amides is 1. The van der Waals surface area contributed by atoms with E-state index in [0.717, 1.165) is 30.7 Å². The van der Waals surface area contributed by atoms with Crippen LogP contribution in [0.5, 0.6) is 0 Å². The van der Waals surface area contributed by atoms with Gasteiger partial charge in [-0.25, -0.2) is 8.42 Å². The lowest BCUT2D eigenvalue weighted by Crippen LogP contribution is -2.59. The molecule has 1 aromatic rings. The van der Waals surface area contributed by atoms with Crippen molar-refractivity contribution in [2.75, 3.05) is 31.6 Å². The molecule has 1 aromatic heterocycles. The van der Waals surface area contributed by atoms with E-state index in [4.69, 9.17) is 0 Å². The van der Waals surface area contributed by atoms with E-state index in [1.807, 2.05) is 11.9 Å². The van der Waals surface area contributed by atoms with Crippen LogP contribution >= 0.6 is 11.3 Å². The fourth-order valence-electron chi connectivity index (χ4n) is 4.21. The summed E-state index contributed by atoms with van der Waals surface area (Å²) in [5.74, 6) is 0.347. The minimum atomic E-state index is -3.05. The highest BCUT2D eigenvalue weighted by Crippen LogP contribution is 2.33. The normalized spacial score (nSPS) is 30.0. The summed E-state index contributed by atoms with van der Waals surface area (Å²) in [6, 6.07) is -0.235. The SMILES string of the molecule is CN1CCN(C(=O)c2scc3c2CCCC3)[C@@H]2CS(=O)(=O)C[C@@H]21. The molecule has 2 aliphatic heterocycles. The summed E-state index contributed by atoms with van der Waals surface area (Å²) in [5.41, 5.74) is 2.55. The van der Waals surface area contributed by atoms with Gasteiger partial charge < -0.3 is 4.90 Å². The van der Waals surface area contributed by atoms with Gasteiger partial charge in [0, 0.05) is 19.1 Å². The first-order valence-corrected chi connectivity index (χ1v) is 11.0. The van der Waals surface area contributed by atoms with E-state index in [9.17, 15) is 13.2 Å². The molecule has 0 saturated carbocycles. The molecule has 0 N–H and O–H groups in total. The van der Waals surface area contributed by atoms with Crippen molar-refractivity contribution in [3.05, 3.63) is 21.4 Å². The van der Waals surface area contributed by atoms with Crippen LogP contribution in [0, 0.1) is 0 Å². The number of rotatable bonds is 1. The van der Waals surface area contributed by atoms with Crippen molar-refractivity contribution >= 4 is 27.1 Å². The monoisotopic (exact) mass is 354 g/mol. The number of hydrogen-bond donors (Lipinski definition) is 0. The topological polar surface area (TPSA) is 57.7 Å². The molecule has 2 fully saturated rings. The number of aryl methyl sites for hydroxylation is 1. The molecule has 3 heterocycles. The number of hydrogen-bond acceptors (Lipinski definition) is 5. The maximum atomic E-state index is 13.1. The van der Waals surface area contributed by atoms with Crippen LogP contribution in [0.3, 0.4) is 0 Å².